The van der Waals surface area contributed by atoms with Crippen LogP contribution in [0.15, 0.2) is 33.5 Å². The number of hydrogen-bond acceptors (Lipinski definition) is 4. The molecule has 1 aliphatic heterocycles. The van der Waals surface area contributed by atoms with E-state index in [1.165, 1.54) is 24.8 Å². The smallest absolute Gasteiger partial charge is 0.341 e. The molecule has 4 heteroatoms. The molecule has 0 amide bonds. The van der Waals surface area contributed by atoms with Gasteiger partial charge in [0.2, 0.25) is 0 Å². The van der Waals surface area contributed by atoms with Gasteiger partial charge in [-0.15, -0.1) is 0 Å². The lowest BCUT2D eigenvalue weighted by Gasteiger charge is -2.62. The molecule has 2 heterocycles. The van der Waals surface area contributed by atoms with Crippen molar-refractivity contribution in [3.8, 4) is 0 Å². The maximum Gasteiger partial charge on any atom is 0.341 e. The van der Waals surface area contributed by atoms with E-state index in [2.05, 4.69) is 31.3 Å². The number of nitrogens with one attached hydrogen (secondary N) is 1. The van der Waals surface area contributed by atoms with E-state index < -0.39 is 0 Å². The molecule has 2 aromatic rings. The summed E-state index contributed by atoms with van der Waals surface area (Å²) in [4.78, 5) is 26.1. The quantitative estimate of drug-likeness (QED) is 0.415. The van der Waals surface area contributed by atoms with E-state index in [-0.39, 0.29) is 16.6 Å². The molecule has 1 aromatic heterocycles. The van der Waals surface area contributed by atoms with Crippen LogP contribution in [0.1, 0.15) is 96.6 Å². The summed E-state index contributed by atoms with van der Waals surface area (Å²) in [6, 6.07) is 8.05. The van der Waals surface area contributed by atoms with E-state index in [0.717, 1.165) is 73.9 Å². The van der Waals surface area contributed by atoms with Gasteiger partial charge in [-0.2, -0.15) is 0 Å². The van der Waals surface area contributed by atoms with Gasteiger partial charge in [-0.25, -0.2) is 4.79 Å². The van der Waals surface area contributed by atoms with Gasteiger partial charge in [-0.3, -0.25) is 4.79 Å². The van der Waals surface area contributed by atoms with Gasteiger partial charge in [0.25, 0.3) is 0 Å². The van der Waals surface area contributed by atoms with Crippen LogP contribution in [-0.2, 0) is 16.8 Å². The predicted octanol–water partition coefficient (Wildman–Crippen LogP) is 6.77. The average Bonchev–Trinajstić information content (AvgIpc) is 3.20. The van der Waals surface area contributed by atoms with Crippen molar-refractivity contribution in [1.82, 2.24) is 5.32 Å². The van der Waals surface area contributed by atoms with Crippen molar-refractivity contribution in [3.63, 3.8) is 0 Å². The highest BCUT2D eigenvalue weighted by Gasteiger charge is 2.62. The Hall–Kier alpha value is -1.94. The highest BCUT2D eigenvalue weighted by Crippen LogP contribution is 2.67. The fraction of sp³-hybridized carbons (Fsp3) is 0.688. The number of ketones is 1. The van der Waals surface area contributed by atoms with Crippen LogP contribution in [0.4, 0.5) is 0 Å². The zero-order valence-electron chi connectivity index (χ0n) is 22.6. The molecule has 7 atom stereocenters. The molecular formula is C32H43NO3. The van der Waals surface area contributed by atoms with Gasteiger partial charge in [-0.1, -0.05) is 45.9 Å². The number of benzene rings is 1. The molecule has 5 aliphatic rings. The Balaban J connectivity index is 0.00000117. The Labute approximate surface area is 215 Å². The number of fused-ring (bicyclic) bond motifs is 9. The number of rotatable bonds is 0. The van der Waals surface area contributed by atoms with Crippen LogP contribution < -0.4 is 10.9 Å². The summed E-state index contributed by atoms with van der Waals surface area (Å²) in [7, 11) is 0. The standard InChI is InChI=1S/C30H37NO3.C2H6/c1-28-14-15-30(26-20(12-16-31-30)19-5-3-4-6-24(19)34-27(26)33)17-18(28)7-8-21-22-9-10-25(32)29(22,2)13-11-23(21)28;1-2/h3-6,18,21-23,31H,7-17H2,1-2H3;1-2H3. The zero-order chi connectivity index (χ0) is 25.3. The normalized spacial score (nSPS) is 41.1. The van der Waals surface area contributed by atoms with Crippen LogP contribution in [0, 0.1) is 34.5 Å². The molecule has 4 nitrogen and oxygen atoms in total. The van der Waals surface area contributed by atoms with Crippen molar-refractivity contribution in [2.45, 2.75) is 97.4 Å². The summed E-state index contributed by atoms with van der Waals surface area (Å²) in [6.07, 6.45) is 10.8. The van der Waals surface area contributed by atoms with Crippen LogP contribution in [-0.4, -0.2) is 12.3 Å². The van der Waals surface area contributed by atoms with Gasteiger partial charge in [0.15, 0.2) is 0 Å². The lowest BCUT2D eigenvalue weighted by atomic mass is 9.43. The minimum absolute atomic E-state index is 0.0515. The molecule has 1 aromatic carbocycles. The Kier molecular flexibility index (Phi) is 5.79. The van der Waals surface area contributed by atoms with Gasteiger partial charge in [0.05, 0.1) is 11.1 Å². The average molecular weight is 490 g/mol. The van der Waals surface area contributed by atoms with E-state index in [1.807, 2.05) is 26.0 Å². The van der Waals surface area contributed by atoms with Crippen molar-refractivity contribution < 1.29 is 9.21 Å². The number of carbonyl (C=O) groups is 1. The highest BCUT2D eigenvalue weighted by molar-refractivity contribution is 5.87. The summed E-state index contributed by atoms with van der Waals surface area (Å²) in [5.41, 5.74) is 2.76. The molecule has 7 unspecified atom stereocenters. The maximum absolute atomic E-state index is 13.4. The lowest BCUT2D eigenvalue weighted by Crippen LogP contribution is -2.60. The predicted molar refractivity (Wildman–Crippen MR) is 144 cm³/mol. The summed E-state index contributed by atoms with van der Waals surface area (Å²) in [5.74, 6) is 3.19. The van der Waals surface area contributed by atoms with E-state index >= 15 is 0 Å². The second-order valence-electron chi connectivity index (χ2n) is 12.8. The Bertz CT molecular complexity index is 1250. The first-order chi connectivity index (χ1) is 17.4. The summed E-state index contributed by atoms with van der Waals surface area (Å²) in [5, 5.41) is 4.98. The van der Waals surface area contributed by atoms with Crippen molar-refractivity contribution in [1.29, 1.82) is 0 Å². The topological polar surface area (TPSA) is 59.3 Å². The van der Waals surface area contributed by atoms with E-state index in [4.69, 9.17) is 4.42 Å². The molecule has 4 aliphatic carbocycles. The Morgan fingerprint density at radius 3 is 2.56 bits per heavy atom. The molecule has 0 saturated heterocycles. The van der Waals surface area contributed by atoms with Crippen LogP contribution in [0.3, 0.4) is 0 Å². The van der Waals surface area contributed by atoms with Crippen molar-refractivity contribution in [3.05, 3.63) is 45.8 Å². The van der Waals surface area contributed by atoms with Gasteiger partial charge in [0, 0.05) is 23.8 Å². The number of carbonyl (C=O) groups excluding carboxylic acids is 1. The SMILES string of the molecule is CC.CC12CCC3C(CCC4CC5(CCC43C)NCCc3c5c(=O)oc4ccccc34)C1CCC2=O. The molecule has 0 bridgehead atoms. The number of Topliss-reactive ketones (excluding diaryl/α,β-unsaturated/α-hetero) is 1. The van der Waals surface area contributed by atoms with Crippen molar-refractivity contribution in [2.75, 3.05) is 6.54 Å². The van der Waals surface area contributed by atoms with Crippen molar-refractivity contribution >= 4 is 16.8 Å². The maximum atomic E-state index is 13.4. The lowest BCUT2D eigenvalue weighted by molar-refractivity contribution is -0.142. The molecule has 1 N–H and O–H groups in total. The van der Waals surface area contributed by atoms with E-state index in [9.17, 15) is 9.59 Å². The third kappa shape index (κ3) is 3.22. The first-order valence-electron chi connectivity index (χ1n) is 14.7. The molecule has 0 radical (unpaired) electrons. The molecule has 1 spiro atoms. The fourth-order valence-corrected chi connectivity index (χ4v) is 9.90. The summed E-state index contributed by atoms with van der Waals surface area (Å²) >= 11 is 0. The minimum atomic E-state index is -0.248. The molecule has 36 heavy (non-hydrogen) atoms. The summed E-state index contributed by atoms with van der Waals surface area (Å²) in [6.45, 7) is 9.77. The number of para-hydroxylation sites is 1. The van der Waals surface area contributed by atoms with Gasteiger partial charge in [-0.05, 0) is 98.5 Å². The molecular weight excluding hydrogens is 446 g/mol. The fourth-order valence-electron chi connectivity index (χ4n) is 9.90. The van der Waals surface area contributed by atoms with E-state index in [1.54, 1.807) is 0 Å². The van der Waals surface area contributed by atoms with Crippen LogP contribution in [0.25, 0.3) is 11.0 Å². The Morgan fingerprint density at radius 2 is 1.72 bits per heavy atom. The summed E-state index contributed by atoms with van der Waals surface area (Å²) < 4.78 is 5.88. The highest BCUT2D eigenvalue weighted by atomic mass is 16.4. The monoisotopic (exact) mass is 489 g/mol. The molecule has 4 saturated carbocycles. The number of hydrogen-bond donors (Lipinski definition) is 1. The van der Waals surface area contributed by atoms with Crippen LogP contribution in [0.5, 0.6) is 0 Å². The third-order valence-corrected chi connectivity index (χ3v) is 11.7. The second kappa shape index (κ2) is 8.55. The van der Waals surface area contributed by atoms with Gasteiger partial charge < -0.3 is 9.73 Å². The molecule has 7 rings (SSSR count). The molecule has 4 fully saturated rings. The van der Waals surface area contributed by atoms with Gasteiger partial charge >= 0.3 is 5.63 Å². The first-order valence-corrected chi connectivity index (χ1v) is 14.7. The zero-order valence-corrected chi connectivity index (χ0v) is 22.6. The van der Waals surface area contributed by atoms with Crippen LogP contribution in [0.2, 0.25) is 0 Å². The van der Waals surface area contributed by atoms with Crippen LogP contribution >= 0.6 is 0 Å². The third-order valence-electron chi connectivity index (χ3n) is 11.7. The van der Waals surface area contributed by atoms with Gasteiger partial charge in [0.1, 0.15) is 11.4 Å². The first kappa shape index (κ1) is 24.4. The largest absolute Gasteiger partial charge is 0.422 e. The minimum Gasteiger partial charge on any atom is -0.422 e. The second-order valence-corrected chi connectivity index (χ2v) is 12.8. The Morgan fingerprint density at radius 1 is 0.917 bits per heavy atom. The molecule has 194 valence electrons. The van der Waals surface area contributed by atoms with E-state index in [0.29, 0.717) is 29.0 Å². The van der Waals surface area contributed by atoms with Crippen molar-refractivity contribution in [2.24, 2.45) is 34.5 Å².